The lowest BCUT2D eigenvalue weighted by Crippen LogP contribution is -2.37. The summed E-state index contributed by atoms with van der Waals surface area (Å²) < 4.78 is 33.1. The van der Waals surface area contributed by atoms with E-state index in [9.17, 15) is 8.42 Å². The van der Waals surface area contributed by atoms with E-state index in [1.807, 2.05) is 12.1 Å². The molecule has 7 heteroatoms. The number of rotatable bonds is 7. The van der Waals surface area contributed by atoms with Crippen molar-refractivity contribution in [1.82, 2.24) is 9.62 Å². The molecule has 1 aromatic carbocycles. The molecule has 24 heavy (non-hydrogen) atoms. The number of hydrogen-bond acceptors (Lipinski definition) is 4. The highest BCUT2D eigenvalue weighted by Gasteiger charge is 2.27. The standard InChI is InChI=1S/C17H21ClN2O3S/c18-15-7-2-1-6-14(15)13-24(21,22)19-12-16(17-8-5-11-23-17)20-9-3-4-10-20/h1-2,5-8,11,16,19H,3-4,9-10,12-13H2. The van der Waals surface area contributed by atoms with Crippen molar-refractivity contribution >= 4 is 21.6 Å². The second-order valence-electron chi connectivity index (χ2n) is 5.97. The van der Waals surface area contributed by atoms with Crippen LogP contribution in [0, 0.1) is 0 Å². The first-order valence-corrected chi connectivity index (χ1v) is 10.1. The number of furan rings is 1. The zero-order valence-corrected chi connectivity index (χ0v) is 14.9. The summed E-state index contributed by atoms with van der Waals surface area (Å²) in [7, 11) is -3.48. The summed E-state index contributed by atoms with van der Waals surface area (Å²) in [6.07, 6.45) is 3.88. The first kappa shape index (κ1) is 17.5. The van der Waals surface area contributed by atoms with Gasteiger partial charge in [0.05, 0.1) is 18.1 Å². The number of nitrogens with one attached hydrogen (secondary N) is 1. The molecule has 3 rings (SSSR count). The molecular weight excluding hydrogens is 348 g/mol. The molecule has 1 aliphatic heterocycles. The van der Waals surface area contributed by atoms with Crippen LogP contribution in [0.15, 0.2) is 47.1 Å². The molecule has 1 aliphatic rings. The van der Waals surface area contributed by atoms with Gasteiger partial charge in [0.2, 0.25) is 10.0 Å². The van der Waals surface area contributed by atoms with Crippen molar-refractivity contribution in [2.24, 2.45) is 0 Å². The van der Waals surface area contributed by atoms with Crippen LogP contribution in [-0.2, 0) is 15.8 Å². The fraction of sp³-hybridized carbons (Fsp3) is 0.412. The summed E-state index contributed by atoms with van der Waals surface area (Å²) in [4.78, 5) is 2.26. The van der Waals surface area contributed by atoms with E-state index in [4.69, 9.17) is 16.0 Å². The number of halogens is 1. The fourth-order valence-corrected chi connectivity index (χ4v) is 4.48. The number of likely N-dealkylation sites (tertiary alicyclic amines) is 1. The fourth-order valence-electron chi connectivity index (χ4n) is 3.02. The van der Waals surface area contributed by atoms with E-state index >= 15 is 0 Å². The van der Waals surface area contributed by atoms with Crippen molar-refractivity contribution in [3.63, 3.8) is 0 Å². The first-order valence-electron chi connectivity index (χ1n) is 8.03. The molecule has 1 aromatic heterocycles. The Hall–Kier alpha value is -1.34. The Bertz CT molecular complexity index is 756. The highest BCUT2D eigenvalue weighted by molar-refractivity contribution is 7.88. The smallest absolute Gasteiger partial charge is 0.215 e. The van der Waals surface area contributed by atoms with Gasteiger partial charge in [0.1, 0.15) is 5.76 Å². The van der Waals surface area contributed by atoms with E-state index in [1.54, 1.807) is 30.5 Å². The predicted molar refractivity (Wildman–Crippen MR) is 94.3 cm³/mol. The molecule has 130 valence electrons. The molecule has 1 saturated heterocycles. The number of sulfonamides is 1. The molecule has 0 amide bonds. The van der Waals surface area contributed by atoms with E-state index in [0.29, 0.717) is 17.1 Å². The monoisotopic (exact) mass is 368 g/mol. The second-order valence-corrected chi connectivity index (χ2v) is 8.19. The van der Waals surface area contributed by atoms with Gasteiger partial charge in [-0.05, 0) is 49.7 Å². The molecular formula is C17H21ClN2O3S. The molecule has 2 aromatic rings. The summed E-state index contributed by atoms with van der Waals surface area (Å²) in [6, 6.07) is 10.6. The van der Waals surface area contributed by atoms with Crippen LogP contribution in [0.1, 0.15) is 30.2 Å². The third-order valence-corrected chi connectivity index (χ3v) is 5.92. The Kier molecular flexibility index (Phi) is 5.61. The minimum atomic E-state index is -3.48. The van der Waals surface area contributed by atoms with Crippen LogP contribution in [0.4, 0.5) is 0 Å². The highest BCUT2D eigenvalue weighted by atomic mass is 35.5. The van der Waals surface area contributed by atoms with Gasteiger partial charge in [-0.25, -0.2) is 13.1 Å². The van der Waals surface area contributed by atoms with Crippen LogP contribution in [0.25, 0.3) is 0 Å². The summed E-state index contributed by atoms with van der Waals surface area (Å²) in [5, 5.41) is 0.463. The minimum Gasteiger partial charge on any atom is -0.468 e. The van der Waals surface area contributed by atoms with Gasteiger partial charge in [-0.1, -0.05) is 29.8 Å². The number of nitrogens with zero attached hydrogens (tertiary/aromatic N) is 1. The van der Waals surface area contributed by atoms with Crippen LogP contribution in [-0.4, -0.2) is 33.0 Å². The molecule has 0 saturated carbocycles. The maximum Gasteiger partial charge on any atom is 0.215 e. The predicted octanol–water partition coefficient (Wildman–Crippen LogP) is 3.19. The molecule has 1 unspecified atom stereocenters. The minimum absolute atomic E-state index is 0.0801. The first-order chi connectivity index (χ1) is 11.6. The van der Waals surface area contributed by atoms with Crippen LogP contribution in [0.2, 0.25) is 5.02 Å². The summed E-state index contributed by atoms with van der Waals surface area (Å²) >= 11 is 6.06. The van der Waals surface area contributed by atoms with Crippen LogP contribution in [0.5, 0.6) is 0 Å². The lowest BCUT2D eigenvalue weighted by Gasteiger charge is -2.26. The Balaban J connectivity index is 1.68. The normalized spacial score (nSPS) is 17.2. The summed E-state index contributed by atoms with van der Waals surface area (Å²) in [5.41, 5.74) is 0.599. The highest BCUT2D eigenvalue weighted by Crippen LogP contribution is 2.25. The average Bonchev–Trinajstić information content (AvgIpc) is 3.23. The van der Waals surface area contributed by atoms with Crippen LogP contribution < -0.4 is 4.72 Å². The molecule has 0 bridgehead atoms. The van der Waals surface area contributed by atoms with Gasteiger partial charge in [0.25, 0.3) is 0 Å². The van der Waals surface area contributed by atoms with Crippen molar-refractivity contribution in [1.29, 1.82) is 0 Å². The quantitative estimate of drug-likeness (QED) is 0.815. The van der Waals surface area contributed by atoms with E-state index in [0.717, 1.165) is 31.7 Å². The molecule has 0 spiro atoms. The van der Waals surface area contributed by atoms with E-state index in [-0.39, 0.29) is 11.8 Å². The molecule has 1 fully saturated rings. The van der Waals surface area contributed by atoms with Gasteiger partial charge in [0, 0.05) is 11.6 Å². The Morgan fingerprint density at radius 3 is 2.58 bits per heavy atom. The second kappa shape index (κ2) is 7.70. The molecule has 1 N–H and O–H groups in total. The Labute approximate surface area is 147 Å². The summed E-state index contributed by atoms with van der Waals surface area (Å²) in [5.74, 6) is 0.662. The zero-order chi connectivity index (χ0) is 17.0. The molecule has 2 heterocycles. The van der Waals surface area contributed by atoms with Crippen molar-refractivity contribution in [2.45, 2.75) is 24.6 Å². The Morgan fingerprint density at radius 1 is 1.17 bits per heavy atom. The number of hydrogen-bond donors (Lipinski definition) is 1. The molecule has 0 radical (unpaired) electrons. The van der Waals surface area contributed by atoms with Gasteiger partial charge in [-0.15, -0.1) is 0 Å². The zero-order valence-electron chi connectivity index (χ0n) is 13.3. The van der Waals surface area contributed by atoms with Crippen LogP contribution >= 0.6 is 11.6 Å². The Morgan fingerprint density at radius 2 is 1.92 bits per heavy atom. The van der Waals surface area contributed by atoms with Crippen molar-refractivity contribution in [3.05, 3.63) is 59.0 Å². The van der Waals surface area contributed by atoms with Gasteiger partial charge < -0.3 is 4.42 Å². The number of benzene rings is 1. The summed E-state index contributed by atoms with van der Waals surface area (Å²) in [6.45, 7) is 2.20. The average molecular weight is 369 g/mol. The van der Waals surface area contributed by atoms with Crippen molar-refractivity contribution in [2.75, 3.05) is 19.6 Å². The third-order valence-electron chi connectivity index (χ3n) is 4.25. The lowest BCUT2D eigenvalue weighted by molar-refractivity contribution is 0.216. The van der Waals surface area contributed by atoms with Gasteiger partial charge >= 0.3 is 0 Å². The maximum absolute atomic E-state index is 12.4. The molecule has 0 aliphatic carbocycles. The van der Waals surface area contributed by atoms with Gasteiger partial charge in [-0.2, -0.15) is 0 Å². The van der Waals surface area contributed by atoms with Crippen molar-refractivity contribution in [3.8, 4) is 0 Å². The van der Waals surface area contributed by atoms with Gasteiger partial charge in [-0.3, -0.25) is 4.90 Å². The van der Waals surface area contributed by atoms with Crippen LogP contribution in [0.3, 0.4) is 0 Å². The SMILES string of the molecule is O=S(=O)(Cc1ccccc1Cl)NCC(c1ccco1)N1CCCC1. The largest absolute Gasteiger partial charge is 0.468 e. The molecule has 5 nitrogen and oxygen atoms in total. The lowest BCUT2D eigenvalue weighted by atomic mass is 10.2. The van der Waals surface area contributed by atoms with E-state index < -0.39 is 10.0 Å². The van der Waals surface area contributed by atoms with E-state index in [2.05, 4.69) is 9.62 Å². The van der Waals surface area contributed by atoms with Gasteiger partial charge in [0.15, 0.2) is 0 Å². The molecule has 1 atom stereocenters. The third kappa shape index (κ3) is 4.39. The maximum atomic E-state index is 12.4. The van der Waals surface area contributed by atoms with E-state index in [1.165, 1.54) is 0 Å². The van der Waals surface area contributed by atoms with Crippen molar-refractivity contribution < 1.29 is 12.8 Å². The topological polar surface area (TPSA) is 62.6 Å².